The van der Waals surface area contributed by atoms with Gasteiger partial charge >= 0.3 is 0 Å². The number of para-hydroxylation sites is 2. The molecule has 1 heterocycles. The van der Waals surface area contributed by atoms with Gasteiger partial charge in [0.2, 0.25) is 5.91 Å². The first kappa shape index (κ1) is 16.3. The fourth-order valence-electron chi connectivity index (χ4n) is 2.10. The minimum absolute atomic E-state index is 0.189. The Hall–Kier alpha value is -2.08. The number of anilines is 1. The molecule has 22 heavy (non-hydrogen) atoms. The molecule has 0 aliphatic rings. The Kier molecular flexibility index (Phi) is 5.03. The van der Waals surface area contributed by atoms with Crippen LogP contribution >= 0.6 is 15.9 Å². The molecule has 1 amide bonds. The Morgan fingerprint density at radius 1 is 1.36 bits per heavy atom. The number of amides is 1. The number of ether oxygens (including phenoxy) is 1. The molecular formula is C16H17BrN2O3. The van der Waals surface area contributed by atoms with Crippen LogP contribution in [0.3, 0.4) is 0 Å². The summed E-state index contributed by atoms with van der Waals surface area (Å²) in [6, 6.07) is 8.21. The molecule has 1 N–H and O–H groups in total. The van der Waals surface area contributed by atoms with Gasteiger partial charge in [-0.05, 0) is 48.0 Å². The fourth-order valence-corrected chi connectivity index (χ4v) is 2.66. The van der Waals surface area contributed by atoms with E-state index in [1.165, 1.54) is 11.7 Å². The number of pyridine rings is 1. The molecule has 5 nitrogen and oxygen atoms in total. The number of benzene rings is 1. The van der Waals surface area contributed by atoms with E-state index in [1.807, 2.05) is 6.07 Å². The molecule has 1 aromatic carbocycles. The second kappa shape index (κ2) is 6.79. The lowest BCUT2D eigenvalue weighted by atomic mass is 10.2. The summed E-state index contributed by atoms with van der Waals surface area (Å²) >= 11 is 3.34. The SMILES string of the molecule is COc1ccccc1NC(=O)C(C)n1cc(Br)cc(C)c1=O. The van der Waals surface area contributed by atoms with E-state index in [1.54, 1.807) is 44.3 Å². The molecular weight excluding hydrogens is 348 g/mol. The van der Waals surface area contributed by atoms with Crippen LogP contribution in [0.2, 0.25) is 0 Å². The van der Waals surface area contributed by atoms with Gasteiger partial charge in [-0.15, -0.1) is 0 Å². The summed E-state index contributed by atoms with van der Waals surface area (Å²) in [6.07, 6.45) is 1.61. The van der Waals surface area contributed by atoms with Crippen LogP contribution in [0.25, 0.3) is 0 Å². The van der Waals surface area contributed by atoms with E-state index in [0.717, 1.165) is 4.47 Å². The molecule has 116 valence electrons. The predicted molar refractivity (Wildman–Crippen MR) is 89.5 cm³/mol. The van der Waals surface area contributed by atoms with E-state index in [9.17, 15) is 9.59 Å². The van der Waals surface area contributed by atoms with Gasteiger partial charge in [-0.2, -0.15) is 0 Å². The van der Waals surface area contributed by atoms with Gasteiger partial charge in [0.15, 0.2) is 0 Å². The van der Waals surface area contributed by atoms with Crippen molar-refractivity contribution in [2.45, 2.75) is 19.9 Å². The number of nitrogens with one attached hydrogen (secondary N) is 1. The molecule has 0 saturated carbocycles. The van der Waals surface area contributed by atoms with E-state index in [-0.39, 0.29) is 11.5 Å². The fraction of sp³-hybridized carbons (Fsp3) is 0.250. The van der Waals surface area contributed by atoms with Crippen LogP contribution < -0.4 is 15.6 Å². The van der Waals surface area contributed by atoms with Gasteiger partial charge in [-0.25, -0.2) is 0 Å². The smallest absolute Gasteiger partial charge is 0.254 e. The summed E-state index contributed by atoms with van der Waals surface area (Å²) in [7, 11) is 1.54. The Morgan fingerprint density at radius 2 is 2.05 bits per heavy atom. The molecule has 1 unspecified atom stereocenters. The lowest BCUT2D eigenvalue weighted by Gasteiger charge is -2.17. The minimum atomic E-state index is -0.645. The summed E-state index contributed by atoms with van der Waals surface area (Å²) in [5.74, 6) is 0.282. The Labute approximate surface area is 137 Å². The number of nitrogens with zero attached hydrogens (tertiary/aromatic N) is 1. The quantitative estimate of drug-likeness (QED) is 0.906. The highest BCUT2D eigenvalue weighted by Crippen LogP contribution is 2.24. The Balaban J connectivity index is 2.28. The number of hydrogen-bond acceptors (Lipinski definition) is 3. The Morgan fingerprint density at radius 3 is 2.73 bits per heavy atom. The third-order valence-corrected chi connectivity index (χ3v) is 3.78. The molecule has 0 saturated heterocycles. The van der Waals surface area contributed by atoms with Gasteiger partial charge in [0.05, 0.1) is 12.8 Å². The summed E-state index contributed by atoms with van der Waals surface area (Å²) in [4.78, 5) is 24.6. The van der Waals surface area contributed by atoms with Crippen molar-refractivity contribution in [2.75, 3.05) is 12.4 Å². The molecule has 0 radical (unpaired) electrons. The van der Waals surface area contributed by atoms with Gasteiger partial charge in [-0.3, -0.25) is 9.59 Å². The number of methoxy groups -OCH3 is 1. The molecule has 0 aliphatic carbocycles. The van der Waals surface area contributed by atoms with Crippen molar-refractivity contribution >= 4 is 27.5 Å². The van der Waals surface area contributed by atoms with E-state index in [4.69, 9.17) is 4.74 Å². The first-order valence-electron chi connectivity index (χ1n) is 6.76. The molecule has 0 fully saturated rings. The second-order valence-electron chi connectivity index (χ2n) is 4.92. The van der Waals surface area contributed by atoms with E-state index in [0.29, 0.717) is 17.0 Å². The topological polar surface area (TPSA) is 60.3 Å². The number of halogens is 1. The number of carbonyl (C=O) groups excluding carboxylic acids is 1. The highest BCUT2D eigenvalue weighted by atomic mass is 79.9. The van der Waals surface area contributed by atoms with Crippen LogP contribution in [0.15, 0.2) is 45.8 Å². The van der Waals surface area contributed by atoms with Crippen molar-refractivity contribution in [3.8, 4) is 5.75 Å². The average Bonchev–Trinajstić information content (AvgIpc) is 2.50. The van der Waals surface area contributed by atoms with Gasteiger partial charge < -0.3 is 14.6 Å². The standard InChI is InChI=1S/C16H17BrN2O3/c1-10-8-12(17)9-19(16(10)21)11(2)15(20)18-13-6-4-5-7-14(13)22-3/h4-9,11H,1-3H3,(H,18,20). The highest BCUT2D eigenvalue weighted by Gasteiger charge is 2.18. The molecule has 1 aromatic heterocycles. The first-order valence-corrected chi connectivity index (χ1v) is 7.55. The number of aryl methyl sites for hydroxylation is 1. The predicted octanol–water partition coefficient (Wildman–Crippen LogP) is 3.13. The molecule has 0 spiro atoms. The van der Waals surface area contributed by atoms with Gasteiger partial charge in [-0.1, -0.05) is 12.1 Å². The lowest BCUT2D eigenvalue weighted by molar-refractivity contribution is -0.118. The molecule has 1 atom stereocenters. The van der Waals surface area contributed by atoms with Crippen LogP contribution in [0.5, 0.6) is 5.75 Å². The second-order valence-corrected chi connectivity index (χ2v) is 5.83. The van der Waals surface area contributed by atoms with Crippen LogP contribution in [0, 0.1) is 6.92 Å². The zero-order chi connectivity index (χ0) is 16.3. The first-order chi connectivity index (χ1) is 10.4. The van der Waals surface area contributed by atoms with Crippen molar-refractivity contribution in [3.63, 3.8) is 0 Å². The van der Waals surface area contributed by atoms with Crippen LogP contribution in [-0.2, 0) is 4.79 Å². The highest BCUT2D eigenvalue weighted by molar-refractivity contribution is 9.10. The monoisotopic (exact) mass is 364 g/mol. The van der Waals surface area contributed by atoms with Crippen molar-refractivity contribution in [3.05, 3.63) is 56.9 Å². The molecule has 2 rings (SSSR count). The molecule has 6 heteroatoms. The maximum absolute atomic E-state index is 12.4. The molecule has 2 aromatic rings. The van der Waals surface area contributed by atoms with Crippen LogP contribution in [0.1, 0.15) is 18.5 Å². The number of rotatable bonds is 4. The van der Waals surface area contributed by atoms with Crippen molar-refractivity contribution in [1.29, 1.82) is 0 Å². The number of aromatic nitrogens is 1. The number of carbonyl (C=O) groups is 1. The number of hydrogen-bond donors (Lipinski definition) is 1. The normalized spacial score (nSPS) is 11.8. The van der Waals surface area contributed by atoms with E-state index < -0.39 is 6.04 Å². The van der Waals surface area contributed by atoms with Crippen molar-refractivity contribution < 1.29 is 9.53 Å². The average molecular weight is 365 g/mol. The van der Waals surface area contributed by atoms with Crippen LogP contribution in [0.4, 0.5) is 5.69 Å². The summed E-state index contributed by atoms with van der Waals surface area (Å²) in [6.45, 7) is 3.40. The zero-order valence-electron chi connectivity index (χ0n) is 12.6. The third kappa shape index (κ3) is 3.39. The summed E-state index contributed by atoms with van der Waals surface area (Å²) in [5, 5.41) is 2.79. The molecule has 0 aliphatic heterocycles. The van der Waals surface area contributed by atoms with Crippen molar-refractivity contribution in [2.24, 2.45) is 0 Å². The Bertz CT molecular complexity index is 755. The van der Waals surface area contributed by atoms with Crippen LogP contribution in [-0.4, -0.2) is 17.6 Å². The zero-order valence-corrected chi connectivity index (χ0v) is 14.2. The largest absolute Gasteiger partial charge is 0.495 e. The lowest BCUT2D eigenvalue weighted by Crippen LogP contribution is -2.32. The maximum atomic E-state index is 12.4. The van der Waals surface area contributed by atoms with Crippen molar-refractivity contribution in [1.82, 2.24) is 4.57 Å². The maximum Gasteiger partial charge on any atom is 0.254 e. The van der Waals surface area contributed by atoms with E-state index >= 15 is 0 Å². The van der Waals surface area contributed by atoms with Gasteiger partial charge in [0, 0.05) is 16.2 Å². The van der Waals surface area contributed by atoms with Gasteiger partial charge in [0.25, 0.3) is 5.56 Å². The summed E-state index contributed by atoms with van der Waals surface area (Å²) < 4.78 is 7.36. The van der Waals surface area contributed by atoms with Gasteiger partial charge in [0.1, 0.15) is 11.8 Å². The third-order valence-electron chi connectivity index (χ3n) is 3.35. The van der Waals surface area contributed by atoms with E-state index in [2.05, 4.69) is 21.2 Å². The molecule has 0 bridgehead atoms. The minimum Gasteiger partial charge on any atom is -0.495 e. The summed E-state index contributed by atoms with van der Waals surface area (Å²) in [5.41, 5.74) is 0.957.